The molecule has 0 aliphatic heterocycles. The number of hydrogen-bond acceptors (Lipinski definition) is 6. The quantitative estimate of drug-likeness (QED) is 0.534. The zero-order valence-electron chi connectivity index (χ0n) is 15.5. The second-order valence-electron chi connectivity index (χ2n) is 5.96. The molecule has 2 aromatic rings. The molecule has 0 spiro atoms. The lowest BCUT2D eigenvalue weighted by Crippen LogP contribution is -2.45. The van der Waals surface area contributed by atoms with Crippen molar-refractivity contribution < 1.29 is 31.7 Å². The number of rotatable bonds is 7. The Morgan fingerprint density at radius 1 is 1.21 bits per heavy atom. The number of non-ortho nitro benzene ring substituents is 1. The number of nitrogens with zero attached hydrogens (tertiary/aromatic N) is 2. The van der Waals surface area contributed by atoms with E-state index in [0.29, 0.717) is 10.4 Å². The highest BCUT2D eigenvalue weighted by atomic mass is 32.2. The zero-order chi connectivity index (χ0) is 21.9. The summed E-state index contributed by atoms with van der Waals surface area (Å²) in [6, 6.07) is 4.47. The molecule has 2 aromatic carbocycles. The van der Waals surface area contributed by atoms with Gasteiger partial charge in [0.15, 0.2) is 11.6 Å². The second-order valence-corrected chi connectivity index (χ2v) is 7.82. The third-order valence-electron chi connectivity index (χ3n) is 3.90. The fraction of sp³-hybridized carbons (Fsp3) is 0.235. The van der Waals surface area contributed by atoms with Crippen LogP contribution in [0.5, 0.6) is 5.75 Å². The van der Waals surface area contributed by atoms with Gasteiger partial charge in [-0.2, -0.15) is 0 Å². The standard InChI is InChI=1S/C17H17F2N3O6S/c1-10(21(29(3,26)27)11-4-6-13(18)14(19)8-11)17(23)20-15-9-12(22(24)25)5-7-16(15)28-2/h4-10H,1-3H3,(H,20,23)/t10-/m0/s1. The molecule has 0 radical (unpaired) electrons. The number of nitro benzene ring substituents is 1. The molecular formula is C17H17F2N3O6S. The van der Waals surface area contributed by atoms with Crippen molar-refractivity contribution in [3.63, 3.8) is 0 Å². The number of halogens is 2. The first-order chi connectivity index (χ1) is 13.5. The van der Waals surface area contributed by atoms with Crippen LogP contribution in [-0.4, -0.2) is 38.7 Å². The number of nitro groups is 1. The predicted molar refractivity (Wildman–Crippen MR) is 101 cm³/mol. The molecule has 0 saturated carbocycles. The highest BCUT2D eigenvalue weighted by molar-refractivity contribution is 7.92. The number of hydrogen-bond donors (Lipinski definition) is 1. The van der Waals surface area contributed by atoms with Gasteiger partial charge in [-0.15, -0.1) is 0 Å². The van der Waals surface area contributed by atoms with Crippen LogP contribution in [-0.2, 0) is 14.8 Å². The predicted octanol–water partition coefficient (Wildman–Crippen LogP) is 2.67. The molecule has 0 unspecified atom stereocenters. The van der Waals surface area contributed by atoms with Crippen molar-refractivity contribution in [3.8, 4) is 5.75 Å². The number of sulfonamides is 1. The van der Waals surface area contributed by atoms with Crippen molar-refractivity contribution in [2.75, 3.05) is 23.0 Å². The van der Waals surface area contributed by atoms with Gasteiger partial charge >= 0.3 is 0 Å². The third-order valence-corrected chi connectivity index (χ3v) is 5.14. The first kappa shape index (κ1) is 22.0. The van der Waals surface area contributed by atoms with Gasteiger partial charge in [0.2, 0.25) is 15.9 Å². The van der Waals surface area contributed by atoms with Crippen molar-refractivity contribution in [2.45, 2.75) is 13.0 Å². The Hall–Kier alpha value is -3.28. The van der Waals surface area contributed by atoms with Crippen LogP contribution >= 0.6 is 0 Å². The molecule has 12 heteroatoms. The third kappa shape index (κ3) is 4.96. The molecule has 0 saturated heterocycles. The molecule has 0 bridgehead atoms. The van der Waals surface area contributed by atoms with Gasteiger partial charge < -0.3 is 10.1 Å². The Balaban J connectivity index is 2.41. The lowest BCUT2D eigenvalue weighted by atomic mass is 10.2. The van der Waals surface area contributed by atoms with E-state index in [9.17, 15) is 32.1 Å². The van der Waals surface area contributed by atoms with Gasteiger partial charge in [-0.25, -0.2) is 17.2 Å². The first-order valence-electron chi connectivity index (χ1n) is 8.03. The van der Waals surface area contributed by atoms with Gasteiger partial charge in [-0.3, -0.25) is 19.2 Å². The maximum Gasteiger partial charge on any atom is 0.271 e. The molecule has 156 valence electrons. The summed E-state index contributed by atoms with van der Waals surface area (Å²) in [5.41, 5.74) is -0.647. The van der Waals surface area contributed by atoms with Crippen LogP contribution in [0.4, 0.5) is 25.8 Å². The number of amides is 1. The molecule has 2 rings (SSSR count). The number of benzene rings is 2. The zero-order valence-corrected chi connectivity index (χ0v) is 16.4. The highest BCUT2D eigenvalue weighted by Gasteiger charge is 2.30. The largest absolute Gasteiger partial charge is 0.495 e. The monoisotopic (exact) mass is 429 g/mol. The average molecular weight is 429 g/mol. The van der Waals surface area contributed by atoms with Crippen LogP contribution in [0.25, 0.3) is 0 Å². The van der Waals surface area contributed by atoms with E-state index in [1.165, 1.54) is 26.2 Å². The molecule has 0 aliphatic carbocycles. The van der Waals surface area contributed by atoms with Gasteiger partial charge in [-0.05, 0) is 25.1 Å². The summed E-state index contributed by atoms with van der Waals surface area (Å²) in [5, 5.41) is 13.3. The molecule has 1 atom stereocenters. The van der Waals surface area contributed by atoms with E-state index >= 15 is 0 Å². The normalized spacial score (nSPS) is 12.2. The Morgan fingerprint density at radius 2 is 1.86 bits per heavy atom. The summed E-state index contributed by atoms with van der Waals surface area (Å²) in [6.07, 6.45) is 0.798. The summed E-state index contributed by atoms with van der Waals surface area (Å²) in [7, 11) is -2.80. The molecule has 9 nitrogen and oxygen atoms in total. The van der Waals surface area contributed by atoms with Crippen molar-refractivity contribution in [1.82, 2.24) is 0 Å². The van der Waals surface area contributed by atoms with E-state index in [1.807, 2.05) is 0 Å². The molecular weight excluding hydrogens is 412 g/mol. The summed E-state index contributed by atoms with van der Waals surface area (Å²) in [6.45, 7) is 1.22. The van der Waals surface area contributed by atoms with Crippen molar-refractivity contribution >= 4 is 33.0 Å². The van der Waals surface area contributed by atoms with E-state index in [1.54, 1.807) is 0 Å². The summed E-state index contributed by atoms with van der Waals surface area (Å²) in [4.78, 5) is 22.9. The maximum atomic E-state index is 13.6. The number of methoxy groups -OCH3 is 1. The van der Waals surface area contributed by atoms with Crippen molar-refractivity contribution in [2.24, 2.45) is 0 Å². The maximum absolute atomic E-state index is 13.6. The van der Waals surface area contributed by atoms with Gasteiger partial charge in [-0.1, -0.05) is 0 Å². The van der Waals surface area contributed by atoms with Gasteiger partial charge in [0.25, 0.3) is 5.69 Å². The summed E-state index contributed by atoms with van der Waals surface area (Å²) in [5.74, 6) is -3.24. The van der Waals surface area contributed by atoms with Crippen LogP contribution in [0.3, 0.4) is 0 Å². The fourth-order valence-corrected chi connectivity index (χ4v) is 3.74. The Labute approximate surface area is 165 Å². The second kappa shape index (κ2) is 8.39. The molecule has 0 fully saturated rings. The van der Waals surface area contributed by atoms with Crippen LogP contribution in [0.2, 0.25) is 0 Å². The van der Waals surface area contributed by atoms with Gasteiger partial charge in [0.05, 0.1) is 29.7 Å². The lowest BCUT2D eigenvalue weighted by molar-refractivity contribution is -0.384. The fourth-order valence-electron chi connectivity index (χ4n) is 2.58. The smallest absolute Gasteiger partial charge is 0.271 e. The van der Waals surface area contributed by atoms with Gasteiger partial charge in [0, 0.05) is 18.2 Å². The van der Waals surface area contributed by atoms with E-state index in [4.69, 9.17) is 4.74 Å². The summed E-state index contributed by atoms with van der Waals surface area (Å²) >= 11 is 0. The van der Waals surface area contributed by atoms with Crippen LogP contribution in [0, 0.1) is 21.7 Å². The topological polar surface area (TPSA) is 119 Å². The Morgan fingerprint density at radius 3 is 2.38 bits per heavy atom. The first-order valence-corrected chi connectivity index (χ1v) is 9.88. The van der Waals surface area contributed by atoms with Crippen LogP contribution in [0.15, 0.2) is 36.4 Å². The van der Waals surface area contributed by atoms with Crippen LogP contribution in [0.1, 0.15) is 6.92 Å². The molecule has 0 heterocycles. The molecule has 0 aliphatic rings. The van der Waals surface area contributed by atoms with Crippen molar-refractivity contribution in [3.05, 3.63) is 58.1 Å². The highest BCUT2D eigenvalue weighted by Crippen LogP contribution is 2.30. The van der Waals surface area contributed by atoms with E-state index < -0.39 is 38.5 Å². The Bertz CT molecular complexity index is 1060. The molecule has 1 N–H and O–H groups in total. The minimum Gasteiger partial charge on any atom is -0.495 e. The van der Waals surface area contributed by atoms with Gasteiger partial charge in [0.1, 0.15) is 11.8 Å². The SMILES string of the molecule is COc1ccc([N+](=O)[O-])cc1NC(=O)[C@H](C)N(c1ccc(F)c(F)c1)S(C)(=O)=O. The van der Waals surface area contributed by atoms with E-state index in [0.717, 1.165) is 24.5 Å². The molecule has 0 aromatic heterocycles. The minimum atomic E-state index is -4.08. The average Bonchev–Trinajstić information content (AvgIpc) is 2.63. The number of ether oxygens (including phenoxy) is 1. The minimum absolute atomic E-state index is 0.0581. The van der Waals surface area contributed by atoms with Crippen molar-refractivity contribution in [1.29, 1.82) is 0 Å². The number of anilines is 2. The number of carbonyl (C=O) groups excluding carboxylic acids is 1. The molecule has 1 amide bonds. The summed E-state index contributed by atoms with van der Waals surface area (Å²) < 4.78 is 56.8. The lowest BCUT2D eigenvalue weighted by Gasteiger charge is -2.28. The van der Waals surface area contributed by atoms with Crippen LogP contribution < -0.4 is 14.4 Å². The van der Waals surface area contributed by atoms with E-state index in [2.05, 4.69) is 5.32 Å². The Kier molecular flexibility index (Phi) is 6.37. The number of nitrogens with one attached hydrogen (secondary N) is 1. The van der Waals surface area contributed by atoms with E-state index in [-0.39, 0.29) is 22.8 Å². The number of carbonyl (C=O) groups is 1. The molecule has 29 heavy (non-hydrogen) atoms.